The van der Waals surface area contributed by atoms with Gasteiger partial charge in [-0.3, -0.25) is 4.31 Å². The fourth-order valence-electron chi connectivity index (χ4n) is 2.03. The SMILES string of the molecule is Cc1cc(Cl)c(C)c(S(=O)(=O)N(C)c2ccccc2)c1Cl. The van der Waals surface area contributed by atoms with Gasteiger partial charge >= 0.3 is 0 Å². The van der Waals surface area contributed by atoms with E-state index in [1.54, 1.807) is 44.2 Å². The van der Waals surface area contributed by atoms with Crippen molar-refractivity contribution in [3.63, 3.8) is 0 Å². The van der Waals surface area contributed by atoms with Gasteiger partial charge in [0.1, 0.15) is 4.90 Å². The molecule has 0 amide bonds. The van der Waals surface area contributed by atoms with Crippen molar-refractivity contribution in [3.8, 4) is 0 Å². The van der Waals surface area contributed by atoms with E-state index in [1.165, 1.54) is 11.4 Å². The first-order valence-electron chi connectivity index (χ1n) is 6.26. The van der Waals surface area contributed by atoms with Crippen molar-refractivity contribution in [2.24, 2.45) is 0 Å². The molecule has 112 valence electrons. The van der Waals surface area contributed by atoms with Gasteiger partial charge in [-0.15, -0.1) is 0 Å². The molecule has 0 aliphatic rings. The van der Waals surface area contributed by atoms with Crippen LogP contribution in [0, 0.1) is 13.8 Å². The molecular formula is C15H15Cl2NO2S. The van der Waals surface area contributed by atoms with Crippen LogP contribution in [-0.4, -0.2) is 15.5 Å². The van der Waals surface area contributed by atoms with E-state index < -0.39 is 10.0 Å². The van der Waals surface area contributed by atoms with Gasteiger partial charge < -0.3 is 0 Å². The predicted octanol–water partition coefficient (Wildman–Crippen LogP) is 4.44. The van der Waals surface area contributed by atoms with Gasteiger partial charge in [0.05, 0.1) is 10.7 Å². The molecular weight excluding hydrogens is 329 g/mol. The van der Waals surface area contributed by atoms with Crippen LogP contribution in [0.15, 0.2) is 41.3 Å². The molecule has 0 heterocycles. The van der Waals surface area contributed by atoms with E-state index in [-0.39, 0.29) is 9.92 Å². The lowest BCUT2D eigenvalue weighted by atomic mass is 10.2. The molecule has 21 heavy (non-hydrogen) atoms. The summed E-state index contributed by atoms with van der Waals surface area (Å²) in [5.74, 6) is 0. The molecule has 2 rings (SSSR count). The molecule has 0 unspecified atom stereocenters. The van der Waals surface area contributed by atoms with Crippen LogP contribution in [0.2, 0.25) is 10.0 Å². The average Bonchev–Trinajstić information content (AvgIpc) is 2.45. The van der Waals surface area contributed by atoms with Gasteiger partial charge in [0.25, 0.3) is 10.0 Å². The number of sulfonamides is 1. The minimum absolute atomic E-state index is 0.0560. The number of halogens is 2. The van der Waals surface area contributed by atoms with Gasteiger partial charge in [-0.2, -0.15) is 0 Å². The topological polar surface area (TPSA) is 37.4 Å². The summed E-state index contributed by atoms with van der Waals surface area (Å²) in [7, 11) is -2.28. The number of rotatable bonds is 3. The molecule has 6 heteroatoms. The van der Waals surface area contributed by atoms with E-state index in [4.69, 9.17) is 23.2 Å². The lowest BCUT2D eigenvalue weighted by Crippen LogP contribution is -2.27. The van der Waals surface area contributed by atoms with E-state index in [9.17, 15) is 8.42 Å². The van der Waals surface area contributed by atoms with Crippen molar-refractivity contribution in [1.29, 1.82) is 0 Å². The van der Waals surface area contributed by atoms with Crippen LogP contribution in [0.4, 0.5) is 5.69 Å². The quantitative estimate of drug-likeness (QED) is 0.826. The number of para-hydroxylation sites is 1. The summed E-state index contributed by atoms with van der Waals surface area (Å²) in [5.41, 5.74) is 1.65. The maximum absolute atomic E-state index is 12.9. The number of hydrogen-bond acceptors (Lipinski definition) is 2. The Kier molecular flexibility index (Phi) is 4.51. The molecule has 0 atom stereocenters. The minimum Gasteiger partial charge on any atom is -0.269 e. The van der Waals surface area contributed by atoms with Crippen LogP contribution in [0.3, 0.4) is 0 Å². The van der Waals surface area contributed by atoms with E-state index in [2.05, 4.69) is 0 Å². The third-order valence-corrected chi connectivity index (χ3v) is 6.28. The molecule has 0 aromatic heterocycles. The van der Waals surface area contributed by atoms with Crippen LogP contribution < -0.4 is 4.31 Å². The minimum atomic E-state index is -3.78. The van der Waals surface area contributed by atoms with Crippen LogP contribution in [-0.2, 0) is 10.0 Å². The molecule has 0 bridgehead atoms. The molecule has 0 aliphatic carbocycles. The summed E-state index contributed by atoms with van der Waals surface area (Å²) in [4.78, 5) is 0.0560. The summed E-state index contributed by atoms with van der Waals surface area (Å²) < 4.78 is 26.9. The van der Waals surface area contributed by atoms with Crippen LogP contribution in [0.1, 0.15) is 11.1 Å². The number of anilines is 1. The van der Waals surface area contributed by atoms with E-state index >= 15 is 0 Å². The van der Waals surface area contributed by atoms with E-state index in [0.29, 0.717) is 21.8 Å². The Balaban J connectivity index is 2.66. The van der Waals surface area contributed by atoms with Crippen LogP contribution in [0.25, 0.3) is 0 Å². The van der Waals surface area contributed by atoms with Crippen molar-refractivity contribution < 1.29 is 8.42 Å². The lowest BCUT2D eigenvalue weighted by Gasteiger charge is -2.22. The Labute approximate surface area is 135 Å². The molecule has 0 aliphatic heterocycles. The fraction of sp³-hybridized carbons (Fsp3) is 0.200. The fourth-order valence-corrected chi connectivity index (χ4v) is 4.39. The number of aryl methyl sites for hydroxylation is 1. The largest absolute Gasteiger partial charge is 0.269 e. The molecule has 3 nitrogen and oxygen atoms in total. The highest BCUT2D eigenvalue weighted by Crippen LogP contribution is 2.35. The first-order valence-corrected chi connectivity index (χ1v) is 8.45. The smallest absolute Gasteiger partial charge is 0.265 e. The predicted molar refractivity (Wildman–Crippen MR) is 88.0 cm³/mol. The number of benzene rings is 2. The van der Waals surface area contributed by atoms with Crippen molar-refractivity contribution in [2.45, 2.75) is 18.7 Å². The number of hydrogen-bond donors (Lipinski definition) is 0. The Hall–Kier alpha value is -1.23. The first-order chi connectivity index (χ1) is 9.76. The van der Waals surface area contributed by atoms with E-state index in [1.807, 2.05) is 6.07 Å². The lowest BCUT2D eigenvalue weighted by molar-refractivity contribution is 0.593. The Morgan fingerprint density at radius 2 is 1.62 bits per heavy atom. The molecule has 0 saturated heterocycles. The normalized spacial score (nSPS) is 11.5. The van der Waals surface area contributed by atoms with Crippen molar-refractivity contribution >= 4 is 38.9 Å². The zero-order chi connectivity index (χ0) is 15.8. The van der Waals surface area contributed by atoms with Gasteiger partial charge in [0.15, 0.2) is 0 Å². The Morgan fingerprint density at radius 1 is 1.05 bits per heavy atom. The summed E-state index contributed by atoms with van der Waals surface area (Å²) in [6, 6.07) is 10.5. The highest BCUT2D eigenvalue weighted by Gasteiger charge is 2.28. The van der Waals surface area contributed by atoms with Gasteiger partial charge in [-0.05, 0) is 43.2 Å². The van der Waals surface area contributed by atoms with E-state index in [0.717, 1.165) is 0 Å². The molecule has 0 spiro atoms. The standard InChI is InChI=1S/C15H15Cl2NO2S/c1-10-9-13(16)11(2)15(14(10)17)21(19,20)18(3)12-7-5-4-6-8-12/h4-9H,1-3H3. The van der Waals surface area contributed by atoms with Gasteiger partial charge in [0, 0.05) is 12.1 Å². The summed E-state index contributed by atoms with van der Waals surface area (Å²) in [6.07, 6.45) is 0. The van der Waals surface area contributed by atoms with Gasteiger partial charge in [0.2, 0.25) is 0 Å². The Bertz CT molecular complexity index is 748. The second kappa shape index (κ2) is 5.87. The monoisotopic (exact) mass is 343 g/mol. The van der Waals surface area contributed by atoms with Gasteiger partial charge in [-0.25, -0.2) is 8.42 Å². The van der Waals surface area contributed by atoms with Gasteiger partial charge in [-0.1, -0.05) is 41.4 Å². The zero-order valence-electron chi connectivity index (χ0n) is 11.9. The molecule has 0 radical (unpaired) electrons. The van der Waals surface area contributed by atoms with Crippen molar-refractivity contribution in [1.82, 2.24) is 0 Å². The third-order valence-electron chi connectivity index (χ3n) is 3.33. The molecule has 2 aromatic rings. The second-order valence-corrected chi connectivity index (χ2v) is 7.44. The second-order valence-electron chi connectivity index (χ2n) is 4.75. The van der Waals surface area contributed by atoms with Crippen LogP contribution in [0.5, 0.6) is 0 Å². The zero-order valence-corrected chi connectivity index (χ0v) is 14.2. The summed E-state index contributed by atoms with van der Waals surface area (Å²) >= 11 is 12.3. The highest BCUT2D eigenvalue weighted by atomic mass is 35.5. The number of nitrogens with zero attached hydrogens (tertiary/aromatic N) is 1. The highest BCUT2D eigenvalue weighted by molar-refractivity contribution is 7.93. The molecule has 0 N–H and O–H groups in total. The maximum atomic E-state index is 12.9. The first kappa shape index (κ1) is 16.1. The van der Waals surface area contributed by atoms with Crippen molar-refractivity contribution in [3.05, 3.63) is 57.6 Å². The average molecular weight is 344 g/mol. The summed E-state index contributed by atoms with van der Waals surface area (Å²) in [6.45, 7) is 3.38. The Morgan fingerprint density at radius 3 is 2.19 bits per heavy atom. The summed E-state index contributed by atoms with van der Waals surface area (Å²) in [5, 5.41) is 0.594. The molecule has 2 aromatic carbocycles. The van der Waals surface area contributed by atoms with Crippen LogP contribution >= 0.6 is 23.2 Å². The maximum Gasteiger partial charge on any atom is 0.265 e. The molecule has 0 fully saturated rings. The molecule has 0 saturated carbocycles. The third kappa shape index (κ3) is 2.89. The van der Waals surface area contributed by atoms with Crippen molar-refractivity contribution in [2.75, 3.05) is 11.4 Å².